The minimum atomic E-state index is -2.77. The van der Waals surface area contributed by atoms with Gasteiger partial charge in [-0.2, -0.15) is 0 Å². The molecule has 0 spiro atoms. The summed E-state index contributed by atoms with van der Waals surface area (Å²) in [5, 5.41) is 9.00. The zero-order chi connectivity index (χ0) is 16.6. The third-order valence-corrected chi connectivity index (χ3v) is 7.68. The molecule has 1 atom stereocenters. The van der Waals surface area contributed by atoms with E-state index in [1.54, 1.807) is 0 Å². The Morgan fingerprint density at radius 2 is 1.75 bits per heavy atom. The first kappa shape index (κ1) is 16.5. The fourth-order valence-electron chi connectivity index (χ4n) is 4.53. The topological polar surface area (TPSA) is 68.1 Å². The van der Waals surface area contributed by atoms with Gasteiger partial charge < -0.3 is 4.57 Å². The molecule has 0 N–H and O–H groups in total. The number of piperidine rings is 1. The molecule has 0 aromatic carbocycles. The molecular weight excluding hydrogens is 324 g/mol. The average molecular weight is 353 g/mol. The van der Waals surface area contributed by atoms with Crippen molar-refractivity contribution in [1.82, 2.24) is 19.7 Å². The molecule has 4 rings (SSSR count). The van der Waals surface area contributed by atoms with Gasteiger partial charge in [-0.3, -0.25) is 4.90 Å². The van der Waals surface area contributed by atoms with Crippen molar-refractivity contribution >= 4 is 9.84 Å². The first-order valence-corrected chi connectivity index (χ1v) is 11.3. The van der Waals surface area contributed by atoms with E-state index in [0.717, 1.165) is 57.0 Å². The first-order valence-electron chi connectivity index (χ1n) is 9.49. The number of fused-ring (bicyclic) bond motifs is 1. The Morgan fingerprint density at radius 1 is 0.958 bits per heavy atom. The SMILES string of the molecule is O=S1(=O)CCC(CN2CCCCC2c2nnc3n2CCCC3)CC1. The largest absolute Gasteiger partial charge is 0.314 e. The molecule has 3 aliphatic heterocycles. The fraction of sp³-hybridized carbons (Fsp3) is 0.882. The zero-order valence-electron chi connectivity index (χ0n) is 14.4. The Balaban J connectivity index is 1.48. The average Bonchev–Trinajstić information content (AvgIpc) is 3.01. The number of rotatable bonds is 3. The summed E-state index contributed by atoms with van der Waals surface area (Å²) in [4.78, 5) is 2.57. The third kappa shape index (κ3) is 3.38. The zero-order valence-corrected chi connectivity index (χ0v) is 15.2. The smallest absolute Gasteiger partial charge is 0.150 e. The fourth-order valence-corrected chi connectivity index (χ4v) is 6.12. The predicted molar refractivity (Wildman–Crippen MR) is 92.5 cm³/mol. The van der Waals surface area contributed by atoms with Gasteiger partial charge >= 0.3 is 0 Å². The molecule has 0 bridgehead atoms. The van der Waals surface area contributed by atoms with E-state index in [2.05, 4.69) is 19.7 Å². The molecule has 1 aromatic rings. The first-order chi connectivity index (χ1) is 11.6. The van der Waals surface area contributed by atoms with Crippen molar-refractivity contribution < 1.29 is 8.42 Å². The van der Waals surface area contributed by atoms with Gasteiger partial charge in [-0.15, -0.1) is 10.2 Å². The van der Waals surface area contributed by atoms with Gasteiger partial charge in [0, 0.05) is 19.5 Å². The molecule has 24 heavy (non-hydrogen) atoms. The summed E-state index contributed by atoms with van der Waals surface area (Å²) in [7, 11) is -2.77. The molecule has 0 aliphatic carbocycles. The van der Waals surface area contributed by atoms with Gasteiger partial charge in [0.1, 0.15) is 21.5 Å². The monoisotopic (exact) mass is 352 g/mol. The van der Waals surface area contributed by atoms with Crippen LogP contribution in [0.2, 0.25) is 0 Å². The van der Waals surface area contributed by atoms with Crippen LogP contribution in [0.5, 0.6) is 0 Å². The van der Waals surface area contributed by atoms with Crippen LogP contribution in [-0.2, 0) is 22.8 Å². The van der Waals surface area contributed by atoms with Crippen LogP contribution in [0.3, 0.4) is 0 Å². The minimum absolute atomic E-state index is 0.372. The van der Waals surface area contributed by atoms with Gasteiger partial charge in [-0.25, -0.2) is 8.42 Å². The van der Waals surface area contributed by atoms with Crippen LogP contribution in [0.1, 0.15) is 62.6 Å². The summed E-state index contributed by atoms with van der Waals surface area (Å²) in [6, 6.07) is 0.372. The van der Waals surface area contributed by atoms with Crippen molar-refractivity contribution in [3.8, 4) is 0 Å². The Labute approximate surface area is 144 Å². The van der Waals surface area contributed by atoms with Crippen molar-refractivity contribution in [2.45, 2.75) is 64.0 Å². The number of aryl methyl sites for hydroxylation is 1. The Kier molecular flexibility index (Phi) is 4.64. The second-order valence-electron chi connectivity index (χ2n) is 7.68. The molecule has 4 heterocycles. The summed E-state index contributed by atoms with van der Waals surface area (Å²) >= 11 is 0. The predicted octanol–water partition coefficient (Wildman–Crippen LogP) is 1.97. The van der Waals surface area contributed by atoms with E-state index in [9.17, 15) is 8.42 Å². The number of aromatic nitrogens is 3. The molecule has 0 amide bonds. The second kappa shape index (κ2) is 6.75. The molecular formula is C17H28N4O2S. The number of sulfone groups is 1. The van der Waals surface area contributed by atoms with Crippen LogP contribution >= 0.6 is 0 Å². The van der Waals surface area contributed by atoms with Crippen molar-refractivity contribution in [2.75, 3.05) is 24.6 Å². The molecule has 2 saturated heterocycles. The van der Waals surface area contributed by atoms with Gasteiger partial charge in [-0.05, 0) is 51.0 Å². The molecule has 1 unspecified atom stereocenters. The molecule has 134 valence electrons. The maximum absolute atomic E-state index is 11.7. The van der Waals surface area contributed by atoms with Crippen LogP contribution in [0, 0.1) is 5.92 Å². The lowest BCUT2D eigenvalue weighted by atomic mass is 9.96. The number of hydrogen-bond donors (Lipinski definition) is 0. The number of likely N-dealkylation sites (tertiary alicyclic amines) is 1. The van der Waals surface area contributed by atoms with E-state index in [0.29, 0.717) is 23.5 Å². The highest BCUT2D eigenvalue weighted by Gasteiger charge is 2.33. The van der Waals surface area contributed by atoms with Crippen LogP contribution in [0.15, 0.2) is 0 Å². The lowest BCUT2D eigenvalue weighted by Crippen LogP contribution is -2.40. The van der Waals surface area contributed by atoms with E-state index >= 15 is 0 Å². The highest BCUT2D eigenvalue weighted by molar-refractivity contribution is 7.91. The van der Waals surface area contributed by atoms with E-state index in [4.69, 9.17) is 0 Å². The minimum Gasteiger partial charge on any atom is -0.314 e. The van der Waals surface area contributed by atoms with E-state index < -0.39 is 9.84 Å². The number of nitrogens with zero attached hydrogens (tertiary/aromatic N) is 4. The second-order valence-corrected chi connectivity index (χ2v) is 9.99. The molecule has 0 saturated carbocycles. The Hall–Kier alpha value is -0.950. The summed E-state index contributed by atoms with van der Waals surface area (Å²) in [6.07, 6.45) is 8.80. The van der Waals surface area contributed by atoms with Crippen molar-refractivity contribution in [3.63, 3.8) is 0 Å². The number of hydrogen-bond acceptors (Lipinski definition) is 5. The van der Waals surface area contributed by atoms with Crippen LogP contribution in [0.4, 0.5) is 0 Å². The van der Waals surface area contributed by atoms with Crippen LogP contribution in [-0.4, -0.2) is 52.7 Å². The molecule has 7 heteroatoms. The standard InChI is InChI=1S/C17H28N4O2S/c22-24(23)11-7-14(8-12-24)13-20-9-3-1-5-15(20)17-19-18-16-6-2-4-10-21(16)17/h14-15H,1-13H2. The van der Waals surface area contributed by atoms with E-state index in [-0.39, 0.29) is 0 Å². The molecule has 0 radical (unpaired) electrons. The Morgan fingerprint density at radius 3 is 2.58 bits per heavy atom. The maximum Gasteiger partial charge on any atom is 0.150 e. The third-order valence-electron chi connectivity index (χ3n) is 5.97. The van der Waals surface area contributed by atoms with Crippen molar-refractivity contribution in [1.29, 1.82) is 0 Å². The molecule has 3 aliphatic rings. The molecule has 1 aromatic heterocycles. The van der Waals surface area contributed by atoms with Crippen molar-refractivity contribution in [3.05, 3.63) is 11.6 Å². The van der Waals surface area contributed by atoms with Gasteiger partial charge in [0.15, 0.2) is 0 Å². The van der Waals surface area contributed by atoms with Gasteiger partial charge in [0.2, 0.25) is 0 Å². The van der Waals surface area contributed by atoms with Crippen LogP contribution < -0.4 is 0 Å². The quantitative estimate of drug-likeness (QED) is 0.832. The van der Waals surface area contributed by atoms with Crippen molar-refractivity contribution in [2.24, 2.45) is 5.92 Å². The van der Waals surface area contributed by atoms with E-state index in [1.165, 1.54) is 25.7 Å². The summed E-state index contributed by atoms with van der Waals surface area (Å²) in [5.41, 5.74) is 0. The molecule has 2 fully saturated rings. The highest BCUT2D eigenvalue weighted by atomic mass is 32.2. The molecule has 6 nitrogen and oxygen atoms in total. The summed E-state index contributed by atoms with van der Waals surface area (Å²) in [5.74, 6) is 3.57. The van der Waals surface area contributed by atoms with Crippen LogP contribution in [0.25, 0.3) is 0 Å². The van der Waals surface area contributed by atoms with Gasteiger partial charge in [0.05, 0.1) is 17.5 Å². The van der Waals surface area contributed by atoms with Gasteiger partial charge in [0.25, 0.3) is 0 Å². The maximum atomic E-state index is 11.7. The van der Waals surface area contributed by atoms with Gasteiger partial charge in [-0.1, -0.05) is 6.42 Å². The van der Waals surface area contributed by atoms with E-state index in [1.807, 2.05) is 0 Å². The Bertz CT molecular complexity index is 671. The lowest BCUT2D eigenvalue weighted by molar-refractivity contribution is 0.112. The summed E-state index contributed by atoms with van der Waals surface area (Å²) in [6.45, 7) is 3.18. The lowest BCUT2D eigenvalue weighted by Gasteiger charge is -2.38. The highest BCUT2D eigenvalue weighted by Crippen LogP contribution is 2.33. The normalized spacial score (nSPS) is 28.6. The summed E-state index contributed by atoms with van der Waals surface area (Å²) < 4.78 is 25.7.